The van der Waals surface area contributed by atoms with Crippen LogP contribution in [0.5, 0.6) is 5.75 Å². The fraction of sp³-hybridized carbons (Fsp3) is 0.154. The van der Waals surface area contributed by atoms with Crippen LogP contribution in [0.3, 0.4) is 0 Å². The van der Waals surface area contributed by atoms with Crippen LogP contribution >= 0.6 is 11.3 Å². The number of amides is 2. The molecule has 0 aliphatic carbocycles. The average Bonchev–Trinajstić information content (AvgIpc) is 2.90. The summed E-state index contributed by atoms with van der Waals surface area (Å²) in [7, 11) is 3.18. The van der Waals surface area contributed by atoms with E-state index in [-0.39, 0.29) is 11.6 Å². The predicted molar refractivity (Wildman–Crippen MR) is 81.1 cm³/mol. The van der Waals surface area contributed by atoms with E-state index >= 15 is 0 Å². The highest BCUT2D eigenvalue weighted by molar-refractivity contribution is 7.20. The van der Waals surface area contributed by atoms with E-state index in [2.05, 4.69) is 15.6 Å². The topological polar surface area (TPSA) is 106 Å². The number of primary amides is 1. The highest BCUT2D eigenvalue weighted by atomic mass is 32.1. The number of thiazole rings is 1. The van der Waals surface area contributed by atoms with Crippen molar-refractivity contribution in [2.75, 3.05) is 24.8 Å². The first kappa shape index (κ1) is 14.8. The van der Waals surface area contributed by atoms with Crippen molar-refractivity contribution in [2.24, 2.45) is 5.73 Å². The summed E-state index contributed by atoms with van der Waals surface area (Å²) in [5, 5.41) is 6.23. The third-order valence-electron chi connectivity index (χ3n) is 2.63. The summed E-state index contributed by atoms with van der Waals surface area (Å²) in [6.45, 7) is 0. The summed E-state index contributed by atoms with van der Waals surface area (Å²) in [6.07, 6.45) is 0. The number of ether oxygens (including phenoxy) is 1. The number of carbonyl (C=O) groups excluding carboxylic acids is 2. The van der Waals surface area contributed by atoms with Crippen LogP contribution in [0, 0.1) is 0 Å². The first-order chi connectivity index (χ1) is 10.0. The standard InChI is InChI=1S/C13H14N4O3S/c1-15-13-16-9(10(14)18)12(21-13)17-11(19)7-4-3-5-8(6-7)20-2/h3-6H,1-2H3,(H2,14,18)(H,15,16)(H,17,19). The predicted octanol–water partition coefficient (Wildman–Crippen LogP) is 1.54. The van der Waals surface area contributed by atoms with Gasteiger partial charge < -0.3 is 21.1 Å². The number of methoxy groups -OCH3 is 1. The molecule has 8 heteroatoms. The molecule has 0 unspecified atom stereocenters. The lowest BCUT2D eigenvalue weighted by Crippen LogP contribution is -2.17. The summed E-state index contributed by atoms with van der Waals surface area (Å²) in [6, 6.07) is 6.67. The van der Waals surface area contributed by atoms with Crippen LogP contribution < -0.4 is 21.1 Å². The second-order valence-electron chi connectivity index (χ2n) is 4.00. The zero-order valence-corrected chi connectivity index (χ0v) is 12.3. The largest absolute Gasteiger partial charge is 0.497 e. The molecule has 0 atom stereocenters. The van der Waals surface area contributed by atoms with Gasteiger partial charge in [-0.05, 0) is 18.2 Å². The highest BCUT2D eigenvalue weighted by Gasteiger charge is 2.18. The van der Waals surface area contributed by atoms with Gasteiger partial charge in [0.05, 0.1) is 7.11 Å². The second kappa shape index (κ2) is 6.23. The maximum Gasteiger partial charge on any atom is 0.270 e. The maximum absolute atomic E-state index is 12.2. The van der Waals surface area contributed by atoms with Crippen molar-refractivity contribution in [3.8, 4) is 5.75 Å². The Labute approximate surface area is 125 Å². The van der Waals surface area contributed by atoms with Crippen LogP contribution in [-0.2, 0) is 0 Å². The van der Waals surface area contributed by atoms with E-state index < -0.39 is 5.91 Å². The van der Waals surface area contributed by atoms with Crippen LogP contribution in [0.25, 0.3) is 0 Å². The molecule has 7 nitrogen and oxygen atoms in total. The molecular formula is C13H14N4O3S. The van der Waals surface area contributed by atoms with Crippen molar-refractivity contribution >= 4 is 33.3 Å². The molecule has 2 aromatic rings. The molecule has 21 heavy (non-hydrogen) atoms. The Morgan fingerprint density at radius 2 is 2.14 bits per heavy atom. The maximum atomic E-state index is 12.2. The molecule has 2 rings (SSSR count). The lowest BCUT2D eigenvalue weighted by molar-refractivity contribution is 0.0997. The Bertz CT molecular complexity index is 684. The molecule has 0 radical (unpaired) electrons. The van der Waals surface area contributed by atoms with Crippen LogP contribution in [0.2, 0.25) is 0 Å². The third kappa shape index (κ3) is 3.29. The van der Waals surface area contributed by atoms with Gasteiger partial charge in [-0.3, -0.25) is 9.59 Å². The van der Waals surface area contributed by atoms with E-state index in [1.165, 1.54) is 7.11 Å². The molecule has 0 spiro atoms. The zero-order chi connectivity index (χ0) is 15.4. The van der Waals surface area contributed by atoms with Gasteiger partial charge in [0.15, 0.2) is 10.8 Å². The zero-order valence-electron chi connectivity index (χ0n) is 11.5. The second-order valence-corrected chi connectivity index (χ2v) is 5.00. The molecule has 1 aromatic heterocycles. The molecule has 0 saturated carbocycles. The van der Waals surface area contributed by atoms with E-state index in [9.17, 15) is 9.59 Å². The molecule has 0 aliphatic heterocycles. The van der Waals surface area contributed by atoms with Gasteiger partial charge in [-0.2, -0.15) is 0 Å². The Balaban J connectivity index is 2.26. The van der Waals surface area contributed by atoms with E-state index in [1.807, 2.05) is 0 Å². The Morgan fingerprint density at radius 3 is 2.76 bits per heavy atom. The number of carbonyl (C=O) groups is 2. The minimum atomic E-state index is -0.700. The molecule has 4 N–H and O–H groups in total. The summed E-state index contributed by atoms with van der Waals surface area (Å²) >= 11 is 1.13. The molecular weight excluding hydrogens is 292 g/mol. The van der Waals surface area contributed by atoms with Gasteiger partial charge in [0.1, 0.15) is 10.8 Å². The lowest BCUT2D eigenvalue weighted by Gasteiger charge is -2.05. The Hall–Kier alpha value is -2.61. The highest BCUT2D eigenvalue weighted by Crippen LogP contribution is 2.28. The van der Waals surface area contributed by atoms with Gasteiger partial charge in [0.25, 0.3) is 11.8 Å². The fourth-order valence-electron chi connectivity index (χ4n) is 1.62. The SMILES string of the molecule is CNc1nc(C(N)=O)c(NC(=O)c2cccc(OC)c2)s1. The van der Waals surface area contributed by atoms with Crippen LogP contribution in [0.1, 0.15) is 20.8 Å². The number of nitrogens with one attached hydrogen (secondary N) is 2. The number of hydrogen-bond donors (Lipinski definition) is 3. The smallest absolute Gasteiger partial charge is 0.270 e. The first-order valence-electron chi connectivity index (χ1n) is 5.99. The Kier molecular flexibility index (Phi) is 4.39. The molecule has 0 aliphatic rings. The normalized spacial score (nSPS) is 10.0. The lowest BCUT2D eigenvalue weighted by atomic mass is 10.2. The number of aromatic nitrogens is 1. The minimum absolute atomic E-state index is 0.0283. The van der Waals surface area contributed by atoms with E-state index in [0.717, 1.165) is 11.3 Å². The quantitative estimate of drug-likeness (QED) is 0.777. The molecule has 0 fully saturated rings. The van der Waals surface area contributed by atoms with Crippen LogP contribution in [0.4, 0.5) is 10.1 Å². The van der Waals surface area contributed by atoms with Crippen molar-refractivity contribution in [1.82, 2.24) is 4.98 Å². The average molecular weight is 306 g/mol. The summed E-state index contributed by atoms with van der Waals surface area (Å²) < 4.78 is 5.06. The number of nitrogens with two attached hydrogens (primary N) is 1. The van der Waals surface area contributed by atoms with Gasteiger partial charge in [0.2, 0.25) is 0 Å². The third-order valence-corrected chi connectivity index (χ3v) is 3.62. The van der Waals surface area contributed by atoms with Crippen molar-refractivity contribution < 1.29 is 14.3 Å². The van der Waals surface area contributed by atoms with E-state index in [1.54, 1.807) is 31.3 Å². The number of hydrogen-bond acceptors (Lipinski definition) is 6. The van der Waals surface area contributed by atoms with Crippen LogP contribution in [-0.4, -0.2) is 31.0 Å². The number of rotatable bonds is 5. The van der Waals surface area contributed by atoms with Crippen molar-refractivity contribution in [3.63, 3.8) is 0 Å². The summed E-state index contributed by atoms with van der Waals surface area (Å²) in [4.78, 5) is 27.5. The Morgan fingerprint density at radius 1 is 1.38 bits per heavy atom. The van der Waals surface area contributed by atoms with Gasteiger partial charge in [-0.15, -0.1) is 0 Å². The molecule has 110 valence electrons. The number of nitrogens with zero attached hydrogens (tertiary/aromatic N) is 1. The number of anilines is 2. The van der Waals surface area contributed by atoms with E-state index in [4.69, 9.17) is 10.5 Å². The molecule has 1 aromatic carbocycles. The van der Waals surface area contributed by atoms with Gasteiger partial charge in [-0.1, -0.05) is 17.4 Å². The van der Waals surface area contributed by atoms with Crippen LogP contribution in [0.15, 0.2) is 24.3 Å². The molecule has 0 saturated heterocycles. The monoisotopic (exact) mass is 306 g/mol. The molecule has 0 bridgehead atoms. The van der Waals surface area contributed by atoms with Crippen molar-refractivity contribution in [1.29, 1.82) is 0 Å². The molecule has 1 heterocycles. The summed E-state index contributed by atoms with van der Waals surface area (Å²) in [5.74, 6) is -0.505. The fourth-order valence-corrected chi connectivity index (χ4v) is 2.44. The van der Waals surface area contributed by atoms with Crippen molar-refractivity contribution in [3.05, 3.63) is 35.5 Å². The first-order valence-corrected chi connectivity index (χ1v) is 6.80. The minimum Gasteiger partial charge on any atom is -0.497 e. The van der Waals surface area contributed by atoms with E-state index in [0.29, 0.717) is 21.4 Å². The number of benzene rings is 1. The van der Waals surface area contributed by atoms with Gasteiger partial charge >= 0.3 is 0 Å². The van der Waals surface area contributed by atoms with Gasteiger partial charge in [0, 0.05) is 12.6 Å². The summed E-state index contributed by atoms with van der Waals surface area (Å²) in [5.41, 5.74) is 5.68. The van der Waals surface area contributed by atoms with Crippen molar-refractivity contribution in [2.45, 2.75) is 0 Å². The van der Waals surface area contributed by atoms with Gasteiger partial charge in [-0.25, -0.2) is 4.98 Å². The molecule has 2 amide bonds.